The summed E-state index contributed by atoms with van der Waals surface area (Å²) in [7, 11) is 0. The van der Waals surface area contributed by atoms with Crippen LogP contribution in [0, 0.1) is 0 Å². The Morgan fingerprint density at radius 1 is 1.03 bits per heavy atom. The molecule has 2 saturated heterocycles. The van der Waals surface area contributed by atoms with Crippen molar-refractivity contribution < 1.29 is 9.47 Å². The van der Waals surface area contributed by atoms with Gasteiger partial charge in [-0.1, -0.05) is 24.6 Å². The average molecular weight is 396 g/mol. The maximum atomic E-state index is 5.93. The third kappa shape index (κ3) is 5.56. The molecule has 2 aliphatic heterocycles. The van der Waals surface area contributed by atoms with Gasteiger partial charge in [0.15, 0.2) is 0 Å². The first-order valence-electron chi connectivity index (χ1n) is 11.0. The molecule has 2 aromatic rings. The Balaban J connectivity index is 1.32. The number of nitrogens with zero attached hydrogens (tertiary/aromatic N) is 2. The summed E-state index contributed by atoms with van der Waals surface area (Å²) in [5.74, 6) is 0.895. The van der Waals surface area contributed by atoms with Crippen LogP contribution in [0.3, 0.4) is 0 Å². The number of nitrogens with one attached hydrogen (secondary N) is 1. The van der Waals surface area contributed by atoms with Gasteiger partial charge in [0.1, 0.15) is 12.4 Å². The lowest BCUT2D eigenvalue weighted by atomic mass is 9.86. The highest BCUT2D eigenvalue weighted by atomic mass is 16.5. The van der Waals surface area contributed by atoms with Crippen LogP contribution in [0.2, 0.25) is 0 Å². The Hall–Kier alpha value is -1.95. The zero-order valence-electron chi connectivity index (χ0n) is 17.3. The van der Waals surface area contributed by atoms with E-state index in [1.807, 2.05) is 24.3 Å². The molecule has 0 aliphatic carbocycles. The van der Waals surface area contributed by atoms with Crippen LogP contribution in [-0.2, 0) is 17.9 Å². The van der Waals surface area contributed by atoms with Gasteiger partial charge >= 0.3 is 0 Å². The molecule has 5 nitrogen and oxygen atoms in total. The largest absolute Gasteiger partial charge is 0.487 e. The minimum atomic E-state index is 0.256. The van der Waals surface area contributed by atoms with Crippen LogP contribution >= 0.6 is 0 Å². The molecule has 2 aliphatic rings. The molecule has 0 bridgehead atoms. The molecule has 3 heterocycles. The van der Waals surface area contributed by atoms with Gasteiger partial charge in [0.25, 0.3) is 0 Å². The smallest absolute Gasteiger partial charge is 0.130 e. The molecule has 1 aromatic heterocycles. The molecule has 2 fully saturated rings. The van der Waals surface area contributed by atoms with E-state index in [4.69, 9.17) is 9.47 Å². The highest BCUT2D eigenvalue weighted by Crippen LogP contribution is 2.30. The van der Waals surface area contributed by atoms with Gasteiger partial charge in [-0.2, -0.15) is 0 Å². The molecule has 4 rings (SSSR count). The van der Waals surface area contributed by atoms with Gasteiger partial charge in [-0.25, -0.2) is 0 Å². The summed E-state index contributed by atoms with van der Waals surface area (Å²) in [4.78, 5) is 7.05. The van der Waals surface area contributed by atoms with Crippen molar-refractivity contribution in [2.24, 2.45) is 0 Å². The lowest BCUT2D eigenvalue weighted by Gasteiger charge is -2.48. The molecule has 1 N–H and O–H groups in total. The molecular weight excluding hydrogens is 362 g/mol. The first-order chi connectivity index (χ1) is 14.3. The molecule has 156 valence electrons. The van der Waals surface area contributed by atoms with E-state index < -0.39 is 0 Å². The van der Waals surface area contributed by atoms with Crippen molar-refractivity contribution >= 4 is 0 Å². The van der Waals surface area contributed by atoms with Crippen molar-refractivity contribution in [3.63, 3.8) is 0 Å². The third-order valence-electron chi connectivity index (χ3n) is 6.24. The van der Waals surface area contributed by atoms with Crippen molar-refractivity contribution in [2.45, 2.75) is 50.8 Å². The fourth-order valence-electron chi connectivity index (χ4n) is 4.55. The Morgan fingerprint density at radius 3 is 2.69 bits per heavy atom. The molecule has 0 unspecified atom stereocenters. The number of piperidine rings is 1. The van der Waals surface area contributed by atoms with Gasteiger partial charge in [-0.15, -0.1) is 0 Å². The second-order valence-electron chi connectivity index (χ2n) is 8.25. The van der Waals surface area contributed by atoms with Crippen molar-refractivity contribution in [3.05, 3.63) is 59.9 Å². The van der Waals surface area contributed by atoms with Gasteiger partial charge in [0.05, 0.1) is 5.69 Å². The first-order valence-corrected chi connectivity index (χ1v) is 11.0. The second-order valence-corrected chi connectivity index (χ2v) is 8.25. The molecule has 0 saturated carbocycles. The normalized spacial score (nSPS) is 19.7. The van der Waals surface area contributed by atoms with Gasteiger partial charge < -0.3 is 14.8 Å². The molecule has 1 aromatic carbocycles. The average Bonchev–Trinajstić information content (AvgIpc) is 2.80. The Kier molecular flexibility index (Phi) is 7.14. The van der Waals surface area contributed by atoms with E-state index in [0.717, 1.165) is 50.6 Å². The quantitative estimate of drug-likeness (QED) is 0.737. The van der Waals surface area contributed by atoms with E-state index in [2.05, 4.69) is 33.4 Å². The van der Waals surface area contributed by atoms with Crippen LogP contribution in [-0.4, -0.2) is 48.3 Å². The molecule has 0 amide bonds. The monoisotopic (exact) mass is 395 g/mol. The van der Waals surface area contributed by atoms with E-state index in [0.29, 0.717) is 6.61 Å². The van der Waals surface area contributed by atoms with Gasteiger partial charge in [0.2, 0.25) is 0 Å². The van der Waals surface area contributed by atoms with E-state index in [1.165, 1.54) is 37.9 Å². The topological polar surface area (TPSA) is 46.6 Å². The van der Waals surface area contributed by atoms with Crippen molar-refractivity contribution in [1.82, 2.24) is 15.2 Å². The maximum absolute atomic E-state index is 5.93. The van der Waals surface area contributed by atoms with E-state index >= 15 is 0 Å². The van der Waals surface area contributed by atoms with E-state index in [9.17, 15) is 0 Å². The van der Waals surface area contributed by atoms with Gasteiger partial charge in [-0.3, -0.25) is 9.88 Å². The number of pyridine rings is 1. The fourth-order valence-corrected chi connectivity index (χ4v) is 4.55. The van der Waals surface area contributed by atoms with Crippen LogP contribution < -0.4 is 10.1 Å². The molecular formula is C24H33N3O2. The molecule has 5 heteroatoms. The summed E-state index contributed by atoms with van der Waals surface area (Å²) in [6.07, 6.45) is 8.10. The van der Waals surface area contributed by atoms with Crippen LogP contribution in [0.5, 0.6) is 5.75 Å². The highest BCUT2D eigenvalue weighted by molar-refractivity contribution is 5.28. The Bertz CT molecular complexity index is 741. The summed E-state index contributed by atoms with van der Waals surface area (Å²) in [5, 5.41) is 3.75. The number of rotatable bonds is 8. The lowest BCUT2D eigenvalue weighted by molar-refractivity contribution is -0.0358. The zero-order chi connectivity index (χ0) is 19.8. The van der Waals surface area contributed by atoms with Gasteiger partial charge in [-0.05, 0) is 68.6 Å². The Labute approximate surface area is 174 Å². The SMILES string of the molecule is c1ccc(COc2cccc(CNCC3(N4CCCCC4)CCOCC3)c2)nc1. The van der Waals surface area contributed by atoms with Crippen LogP contribution in [0.1, 0.15) is 43.4 Å². The fraction of sp³-hybridized carbons (Fsp3) is 0.542. The standard InChI is InChI=1S/C24H33N3O2/c1-4-13-27(14-5-1)24(10-15-28-16-11-24)20-25-18-21-7-6-9-23(17-21)29-19-22-8-2-3-12-26-22/h2-3,6-9,12,17,25H,1,4-5,10-11,13-16,18-20H2. The molecule has 29 heavy (non-hydrogen) atoms. The number of benzene rings is 1. The maximum Gasteiger partial charge on any atom is 0.130 e. The van der Waals surface area contributed by atoms with Crippen LogP contribution in [0.4, 0.5) is 0 Å². The predicted octanol–water partition coefficient (Wildman–Crippen LogP) is 3.79. The number of likely N-dealkylation sites (tertiary alicyclic amines) is 1. The summed E-state index contributed by atoms with van der Waals surface area (Å²) in [6, 6.07) is 14.3. The third-order valence-corrected chi connectivity index (χ3v) is 6.24. The summed E-state index contributed by atoms with van der Waals surface area (Å²) in [6.45, 7) is 6.61. The number of ether oxygens (including phenoxy) is 2. The molecule has 0 radical (unpaired) electrons. The lowest BCUT2D eigenvalue weighted by Crippen LogP contribution is -2.59. The summed E-state index contributed by atoms with van der Waals surface area (Å²) in [5.41, 5.74) is 2.45. The summed E-state index contributed by atoms with van der Waals surface area (Å²) < 4.78 is 11.6. The number of aromatic nitrogens is 1. The zero-order valence-corrected chi connectivity index (χ0v) is 17.3. The number of hydrogen-bond acceptors (Lipinski definition) is 5. The van der Waals surface area contributed by atoms with Gasteiger partial charge in [0, 0.05) is 38.0 Å². The van der Waals surface area contributed by atoms with Crippen LogP contribution in [0.25, 0.3) is 0 Å². The molecule has 0 spiro atoms. The van der Waals surface area contributed by atoms with E-state index in [1.54, 1.807) is 6.20 Å². The highest BCUT2D eigenvalue weighted by Gasteiger charge is 2.38. The number of hydrogen-bond donors (Lipinski definition) is 1. The first kappa shape index (κ1) is 20.3. The summed E-state index contributed by atoms with van der Waals surface area (Å²) >= 11 is 0. The second kappa shape index (κ2) is 10.2. The Morgan fingerprint density at radius 2 is 1.90 bits per heavy atom. The molecule has 0 atom stereocenters. The van der Waals surface area contributed by atoms with Crippen molar-refractivity contribution in [2.75, 3.05) is 32.8 Å². The minimum absolute atomic E-state index is 0.256. The predicted molar refractivity (Wildman–Crippen MR) is 115 cm³/mol. The van der Waals surface area contributed by atoms with Crippen LogP contribution in [0.15, 0.2) is 48.7 Å². The van der Waals surface area contributed by atoms with Crippen molar-refractivity contribution in [3.8, 4) is 5.75 Å². The van der Waals surface area contributed by atoms with E-state index in [-0.39, 0.29) is 5.54 Å². The van der Waals surface area contributed by atoms with Crippen molar-refractivity contribution in [1.29, 1.82) is 0 Å². The minimum Gasteiger partial charge on any atom is -0.487 e.